The van der Waals surface area contributed by atoms with Gasteiger partial charge in [-0.25, -0.2) is 4.79 Å². The molecule has 1 atom stereocenters. The van der Waals surface area contributed by atoms with Crippen LogP contribution < -0.4 is 5.32 Å². The molecular formula is C13H15N3O3. The number of fused-ring (bicyclic) bond motifs is 1. The van der Waals surface area contributed by atoms with Gasteiger partial charge in [-0.15, -0.1) is 10.2 Å². The van der Waals surface area contributed by atoms with Crippen molar-refractivity contribution in [1.29, 1.82) is 0 Å². The molecule has 19 heavy (non-hydrogen) atoms. The maximum Gasteiger partial charge on any atom is 0.358 e. The number of aromatic carboxylic acids is 1. The quantitative estimate of drug-likeness (QED) is 0.755. The Labute approximate surface area is 110 Å². The zero-order chi connectivity index (χ0) is 13.8. The first-order valence-corrected chi connectivity index (χ1v) is 5.99. The van der Waals surface area contributed by atoms with Gasteiger partial charge < -0.3 is 15.5 Å². The molecule has 0 aliphatic heterocycles. The van der Waals surface area contributed by atoms with Crippen molar-refractivity contribution < 1.29 is 15.0 Å². The number of benzene rings is 1. The van der Waals surface area contributed by atoms with Crippen molar-refractivity contribution in [2.45, 2.75) is 19.4 Å². The lowest BCUT2D eigenvalue weighted by Gasteiger charge is -2.16. The first-order chi connectivity index (χ1) is 9.13. The molecule has 0 spiro atoms. The summed E-state index contributed by atoms with van der Waals surface area (Å²) in [7, 11) is 0. The van der Waals surface area contributed by atoms with E-state index in [0.717, 1.165) is 0 Å². The van der Waals surface area contributed by atoms with Crippen LogP contribution in [0.2, 0.25) is 0 Å². The average Bonchev–Trinajstić information content (AvgIpc) is 2.39. The Morgan fingerprint density at radius 2 is 2.11 bits per heavy atom. The van der Waals surface area contributed by atoms with Gasteiger partial charge in [0, 0.05) is 18.0 Å². The van der Waals surface area contributed by atoms with Gasteiger partial charge in [0.15, 0.2) is 5.69 Å². The lowest BCUT2D eigenvalue weighted by Crippen LogP contribution is -2.20. The van der Waals surface area contributed by atoms with Gasteiger partial charge in [-0.05, 0) is 19.4 Å². The van der Waals surface area contributed by atoms with Crippen molar-refractivity contribution in [1.82, 2.24) is 10.2 Å². The maximum absolute atomic E-state index is 11.2. The molecule has 3 N–H and O–H groups in total. The molecule has 0 saturated heterocycles. The molecule has 1 aromatic carbocycles. The highest BCUT2D eigenvalue weighted by atomic mass is 16.4. The second-order valence-corrected chi connectivity index (χ2v) is 4.30. The average molecular weight is 261 g/mol. The minimum absolute atomic E-state index is 0.0347. The summed E-state index contributed by atoms with van der Waals surface area (Å²) in [5.41, 5.74) is 0.966. The van der Waals surface area contributed by atoms with Crippen molar-refractivity contribution in [3.63, 3.8) is 0 Å². The molecule has 0 bridgehead atoms. The molecule has 0 aliphatic rings. The first-order valence-electron chi connectivity index (χ1n) is 5.99. The van der Waals surface area contributed by atoms with Crippen LogP contribution in [-0.2, 0) is 0 Å². The van der Waals surface area contributed by atoms with Gasteiger partial charge in [-0.1, -0.05) is 18.2 Å². The summed E-state index contributed by atoms with van der Waals surface area (Å²) in [6.45, 7) is 1.91. The summed E-state index contributed by atoms with van der Waals surface area (Å²) in [6.07, 6.45) is 0.524. The van der Waals surface area contributed by atoms with Gasteiger partial charge in [-0.3, -0.25) is 0 Å². The predicted molar refractivity (Wildman–Crippen MR) is 71.3 cm³/mol. The van der Waals surface area contributed by atoms with Crippen molar-refractivity contribution in [2.75, 3.05) is 11.9 Å². The minimum atomic E-state index is -1.13. The Bertz CT molecular complexity index is 601. The molecular weight excluding hydrogens is 246 g/mol. The molecule has 0 radical (unpaired) electrons. The second-order valence-electron chi connectivity index (χ2n) is 4.30. The van der Waals surface area contributed by atoms with Crippen LogP contribution in [0.25, 0.3) is 10.9 Å². The number of rotatable bonds is 5. The Morgan fingerprint density at radius 1 is 1.37 bits per heavy atom. The monoisotopic (exact) mass is 261 g/mol. The van der Waals surface area contributed by atoms with Crippen LogP contribution in [0.1, 0.15) is 23.8 Å². The molecule has 2 aromatic rings. The Kier molecular flexibility index (Phi) is 3.91. The van der Waals surface area contributed by atoms with E-state index in [1.54, 1.807) is 12.1 Å². The topological polar surface area (TPSA) is 95.3 Å². The molecule has 100 valence electrons. The molecule has 0 saturated carbocycles. The molecule has 1 aromatic heterocycles. The number of nitrogens with one attached hydrogen (secondary N) is 1. The van der Waals surface area contributed by atoms with E-state index in [4.69, 9.17) is 5.11 Å². The summed E-state index contributed by atoms with van der Waals surface area (Å²) in [5.74, 6) is -1.13. The van der Waals surface area contributed by atoms with Crippen molar-refractivity contribution in [2.24, 2.45) is 0 Å². The van der Waals surface area contributed by atoms with Crippen LogP contribution >= 0.6 is 0 Å². The number of hydrogen-bond donors (Lipinski definition) is 3. The molecule has 0 fully saturated rings. The van der Waals surface area contributed by atoms with Gasteiger partial charge in [0.05, 0.1) is 11.2 Å². The van der Waals surface area contributed by atoms with Gasteiger partial charge in [-0.2, -0.15) is 0 Å². The highest BCUT2D eigenvalue weighted by Gasteiger charge is 2.17. The predicted octanol–water partition coefficient (Wildman–Crippen LogP) is 1.51. The molecule has 0 amide bonds. The second kappa shape index (κ2) is 5.62. The maximum atomic E-state index is 11.2. The lowest BCUT2D eigenvalue weighted by atomic mass is 10.1. The molecule has 6 nitrogen and oxygen atoms in total. The largest absolute Gasteiger partial charge is 0.476 e. The Hall–Kier alpha value is -2.21. The van der Waals surface area contributed by atoms with Crippen LogP contribution in [0.4, 0.5) is 5.69 Å². The Morgan fingerprint density at radius 3 is 2.79 bits per heavy atom. The lowest BCUT2D eigenvalue weighted by molar-refractivity contribution is 0.0690. The number of aliphatic hydroxyl groups is 1. The third kappa shape index (κ3) is 2.79. The highest BCUT2D eigenvalue weighted by Crippen LogP contribution is 2.25. The van der Waals surface area contributed by atoms with E-state index >= 15 is 0 Å². The van der Waals surface area contributed by atoms with E-state index in [0.29, 0.717) is 23.0 Å². The van der Waals surface area contributed by atoms with E-state index in [1.165, 1.54) is 0 Å². The van der Waals surface area contributed by atoms with Crippen LogP contribution in [0.3, 0.4) is 0 Å². The number of anilines is 1. The number of carboxylic acids is 1. The van der Waals surface area contributed by atoms with Crippen LogP contribution in [0, 0.1) is 0 Å². The SMILES string of the molecule is CC(CCO)Nc1c(C(=O)O)nnc2ccccc12. The fourth-order valence-corrected chi connectivity index (χ4v) is 1.86. The van der Waals surface area contributed by atoms with Crippen molar-refractivity contribution in [3.05, 3.63) is 30.0 Å². The zero-order valence-electron chi connectivity index (χ0n) is 10.5. The standard InChI is InChI=1S/C13H15N3O3/c1-8(6-7-17)14-11-9-4-2-3-5-10(9)15-16-12(11)13(18)19/h2-5,8,17H,6-7H2,1H3,(H,14,15)(H,18,19). The van der Waals surface area contributed by atoms with Gasteiger partial charge in [0.25, 0.3) is 0 Å². The zero-order valence-corrected chi connectivity index (χ0v) is 10.5. The van der Waals surface area contributed by atoms with E-state index in [1.807, 2.05) is 19.1 Å². The summed E-state index contributed by atoms with van der Waals surface area (Å²) in [5, 5.41) is 29.5. The normalized spacial score (nSPS) is 12.3. The highest BCUT2D eigenvalue weighted by molar-refractivity contribution is 6.02. The van der Waals surface area contributed by atoms with Crippen molar-refractivity contribution in [3.8, 4) is 0 Å². The van der Waals surface area contributed by atoms with Gasteiger partial charge in [0.2, 0.25) is 0 Å². The van der Waals surface area contributed by atoms with Gasteiger partial charge >= 0.3 is 5.97 Å². The minimum Gasteiger partial charge on any atom is -0.476 e. The summed E-state index contributed by atoms with van der Waals surface area (Å²) >= 11 is 0. The number of carbonyl (C=O) groups is 1. The van der Waals surface area contributed by atoms with E-state index in [2.05, 4.69) is 15.5 Å². The fraction of sp³-hybridized carbons (Fsp3) is 0.308. The molecule has 1 heterocycles. The van der Waals surface area contributed by atoms with Crippen molar-refractivity contribution >= 4 is 22.6 Å². The number of aliphatic hydroxyl groups excluding tert-OH is 1. The molecule has 0 aliphatic carbocycles. The van der Waals surface area contributed by atoms with Gasteiger partial charge in [0.1, 0.15) is 0 Å². The summed E-state index contributed by atoms with van der Waals surface area (Å²) < 4.78 is 0. The first kappa shape index (κ1) is 13.2. The fourth-order valence-electron chi connectivity index (χ4n) is 1.86. The number of nitrogens with zero attached hydrogens (tertiary/aromatic N) is 2. The summed E-state index contributed by atoms with van der Waals surface area (Å²) in [6, 6.07) is 7.15. The third-order valence-corrected chi connectivity index (χ3v) is 2.82. The summed E-state index contributed by atoms with van der Waals surface area (Å²) in [4.78, 5) is 11.2. The van der Waals surface area contributed by atoms with E-state index in [9.17, 15) is 9.90 Å². The van der Waals surface area contributed by atoms with E-state index < -0.39 is 5.97 Å². The van der Waals surface area contributed by atoms with Crippen LogP contribution in [-0.4, -0.2) is 39.0 Å². The number of hydrogen-bond acceptors (Lipinski definition) is 5. The smallest absolute Gasteiger partial charge is 0.358 e. The van der Waals surface area contributed by atoms with E-state index in [-0.39, 0.29) is 18.3 Å². The molecule has 6 heteroatoms. The third-order valence-electron chi connectivity index (χ3n) is 2.82. The van der Waals surface area contributed by atoms with Crippen LogP contribution in [0.15, 0.2) is 24.3 Å². The Balaban J connectivity index is 2.52. The van der Waals surface area contributed by atoms with Crippen LogP contribution in [0.5, 0.6) is 0 Å². The number of aromatic nitrogens is 2. The molecule has 2 rings (SSSR count). The number of carboxylic acid groups (broad SMARTS) is 1. The molecule has 1 unspecified atom stereocenters.